The van der Waals surface area contributed by atoms with Crippen LogP contribution in [0.5, 0.6) is 0 Å². The highest BCUT2D eigenvalue weighted by Gasteiger charge is 2.23. The van der Waals surface area contributed by atoms with Gasteiger partial charge in [-0.25, -0.2) is 0 Å². The molecule has 4 rings (SSSR count). The number of pyridine rings is 2. The normalized spacial score (nSPS) is 15.0. The fraction of sp³-hybridized carbons (Fsp3) is 0.143. The summed E-state index contributed by atoms with van der Waals surface area (Å²) in [7, 11) is 0. The lowest BCUT2D eigenvalue weighted by atomic mass is 10.0. The molecular weight excluding hydrogens is 310 g/mol. The Morgan fingerprint density at radius 2 is 2.08 bits per heavy atom. The van der Waals surface area contributed by atoms with Crippen molar-refractivity contribution in [2.24, 2.45) is 0 Å². The van der Waals surface area contributed by atoms with E-state index in [1.54, 1.807) is 6.07 Å². The van der Waals surface area contributed by atoms with Crippen LogP contribution in [0, 0.1) is 6.92 Å². The van der Waals surface area contributed by atoms with Gasteiger partial charge >= 0.3 is 0 Å². The first-order valence-electron chi connectivity index (χ1n) is 8.44. The Kier molecular flexibility index (Phi) is 3.73. The first-order valence-corrected chi connectivity index (χ1v) is 8.44. The highest BCUT2D eigenvalue weighted by atomic mass is 16.1. The number of aromatic nitrogens is 2. The van der Waals surface area contributed by atoms with Gasteiger partial charge in [-0.1, -0.05) is 25.1 Å². The van der Waals surface area contributed by atoms with E-state index in [2.05, 4.69) is 71.2 Å². The second-order valence-corrected chi connectivity index (χ2v) is 6.19. The molecule has 4 nitrogen and oxygen atoms in total. The first-order chi connectivity index (χ1) is 12.2. The summed E-state index contributed by atoms with van der Waals surface area (Å²) >= 11 is 0. The van der Waals surface area contributed by atoms with E-state index in [0.29, 0.717) is 0 Å². The van der Waals surface area contributed by atoms with Crippen molar-refractivity contribution in [2.45, 2.75) is 20.3 Å². The van der Waals surface area contributed by atoms with Gasteiger partial charge in [-0.05, 0) is 49.3 Å². The molecule has 0 saturated heterocycles. The Balaban J connectivity index is 2.07. The molecule has 0 fully saturated rings. The number of benzene rings is 1. The molecule has 2 aromatic heterocycles. The average Bonchev–Trinajstić information content (AvgIpc) is 2.61. The van der Waals surface area contributed by atoms with Crippen molar-refractivity contribution in [3.05, 3.63) is 81.9 Å². The summed E-state index contributed by atoms with van der Waals surface area (Å²) in [6.45, 7) is 4.21. The maximum Gasteiger partial charge on any atom is 0.248 e. The smallest absolute Gasteiger partial charge is 0.248 e. The zero-order valence-electron chi connectivity index (χ0n) is 14.3. The standard InChI is InChI=1S/C21H19N3O/c1-3-5-16-9-8-15-13-22-18-10-11-19(25)23-20(18)21(15)24(16)17-7-4-6-14(2)12-17/h4-13H,3H2,1-2H3,(H,23,25). The number of hydrogen-bond acceptors (Lipinski definition) is 3. The topological polar surface area (TPSA) is 49.0 Å². The van der Waals surface area contributed by atoms with Gasteiger partial charge in [0, 0.05) is 29.2 Å². The molecule has 0 atom stereocenters. The predicted molar refractivity (Wildman–Crippen MR) is 103 cm³/mol. The number of hydrogen-bond donors (Lipinski definition) is 1. The third-order valence-corrected chi connectivity index (χ3v) is 4.34. The van der Waals surface area contributed by atoms with E-state index < -0.39 is 0 Å². The highest BCUT2D eigenvalue weighted by molar-refractivity contribution is 5.98. The van der Waals surface area contributed by atoms with Gasteiger partial charge in [0.25, 0.3) is 0 Å². The number of rotatable bonds is 2. The van der Waals surface area contributed by atoms with Gasteiger partial charge < -0.3 is 9.88 Å². The molecular formula is C21H19N3O. The van der Waals surface area contributed by atoms with Gasteiger partial charge in [0.05, 0.1) is 16.7 Å². The maximum atomic E-state index is 11.9. The number of nitrogens with zero attached hydrogens (tertiary/aromatic N) is 2. The summed E-state index contributed by atoms with van der Waals surface area (Å²) in [5.41, 5.74) is 6.73. The number of aromatic amines is 1. The molecule has 124 valence electrons. The average molecular weight is 329 g/mol. The summed E-state index contributed by atoms with van der Waals surface area (Å²) in [6.07, 6.45) is 9.13. The molecule has 0 spiro atoms. The molecule has 0 aliphatic carbocycles. The Morgan fingerprint density at radius 3 is 2.88 bits per heavy atom. The minimum Gasteiger partial charge on any atom is -0.319 e. The minimum absolute atomic E-state index is 0.123. The van der Waals surface area contributed by atoms with Crippen LogP contribution in [-0.4, -0.2) is 9.97 Å². The molecule has 25 heavy (non-hydrogen) atoms. The van der Waals surface area contributed by atoms with Crippen molar-refractivity contribution in [3.63, 3.8) is 0 Å². The van der Waals surface area contributed by atoms with Crippen LogP contribution in [-0.2, 0) is 0 Å². The second kappa shape index (κ2) is 6.06. The van der Waals surface area contributed by atoms with Crippen molar-refractivity contribution in [2.75, 3.05) is 4.90 Å². The molecule has 1 N–H and O–H groups in total. The van der Waals surface area contributed by atoms with Crippen molar-refractivity contribution in [1.29, 1.82) is 0 Å². The monoisotopic (exact) mass is 329 g/mol. The van der Waals surface area contributed by atoms with Crippen LogP contribution in [0.15, 0.2) is 65.2 Å². The third-order valence-electron chi connectivity index (χ3n) is 4.34. The van der Waals surface area contributed by atoms with Crippen LogP contribution in [0.2, 0.25) is 0 Å². The van der Waals surface area contributed by atoms with Crippen LogP contribution in [0.25, 0.3) is 17.1 Å². The Bertz CT molecular complexity index is 1080. The molecule has 0 amide bonds. The Labute approximate surface area is 146 Å². The van der Waals surface area contributed by atoms with Gasteiger partial charge in [0.1, 0.15) is 0 Å². The van der Waals surface area contributed by atoms with Crippen molar-refractivity contribution >= 4 is 28.5 Å². The second-order valence-electron chi connectivity index (χ2n) is 6.19. The molecule has 1 aliphatic rings. The quantitative estimate of drug-likeness (QED) is 0.742. The fourth-order valence-corrected chi connectivity index (χ4v) is 3.25. The van der Waals surface area contributed by atoms with Gasteiger partial charge in [-0.3, -0.25) is 9.78 Å². The van der Waals surface area contributed by atoms with Gasteiger partial charge in [0.15, 0.2) is 0 Å². The van der Waals surface area contributed by atoms with E-state index in [-0.39, 0.29) is 5.56 Å². The molecule has 4 heteroatoms. The van der Waals surface area contributed by atoms with Crippen molar-refractivity contribution in [1.82, 2.24) is 9.97 Å². The van der Waals surface area contributed by atoms with E-state index in [9.17, 15) is 4.79 Å². The summed E-state index contributed by atoms with van der Waals surface area (Å²) in [4.78, 5) is 21.6. The van der Waals surface area contributed by atoms with Gasteiger partial charge in [-0.15, -0.1) is 0 Å². The van der Waals surface area contributed by atoms with E-state index in [1.165, 1.54) is 11.6 Å². The highest BCUT2D eigenvalue weighted by Crippen LogP contribution is 2.40. The van der Waals surface area contributed by atoms with Crippen LogP contribution in [0.3, 0.4) is 0 Å². The lowest BCUT2D eigenvalue weighted by Crippen LogP contribution is -2.20. The number of nitrogens with one attached hydrogen (secondary N) is 1. The molecule has 0 bridgehead atoms. The number of aryl methyl sites for hydroxylation is 1. The summed E-state index contributed by atoms with van der Waals surface area (Å²) in [5, 5.41) is 0. The van der Waals surface area contributed by atoms with Gasteiger partial charge in [-0.2, -0.15) is 0 Å². The number of H-pyrrole nitrogens is 1. The fourth-order valence-electron chi connectivity index (χ4n) is 3.25. The molecule has 0 unspecified atom stereocenters. The predicted octanol–water partition coefficient (Wildman–Crippen LogP) is 4.69. The number of allylic oxidation sites excluding steroid dienone is 2. The summed E-state index contributed by atoms with van der Waals surface area (Å²) in [6, 6.07) is 11.7. The van der Waals surface area contributed by atoms with E-state index in [1.807, 2.05) is 6.20 Å². The van der Waals surface area contributed by atoms with Crippen molar-refractivity contribution in [3.8, 4) is 0 Å². The summed E-state index contributed by atoms with van der Waals surface area (Å²) < 4.78 is 0. The maximum absolute atomic E-state index is 11.9. The zero-order valence-corrected chi connectivity index (χ0v) is 14.3. The lowest BCUT2D eigenvalue weighted by molar-refractivity contribution is 1.12. The van der Waals surface area contributed by atoms with Crippen LogP contribution in [0.4, 0.5) is 11.4 Å². The Hall–Kier alpha value is -3.14. The van der Waals surface area contributed by atoms with Crippen LogP contribution < -0.4 is 10.5 Å². The summed E-state index contributed by atoms with van der Waals surface area (Å²) in [5.74, 6) is 0. The van der Waals surface area contributed by atoms with Crippen LogP contribution in [0.1, 0.15) is 24.5 Å². The number of anilines is 2. The molecule has 0 radical (unpaired) electrons. The molecule has 3 heterocycles. The largest absolute Gasteiger partial charge is 0.319 e. The number of fused-ring (bicyclic) bond motifs is 3. The SMILES string of the molecule is CCC=C1C=Cc2cnc3ccc(=O)[nH]c3c2N1c1cccc(C)c1. The zero-order chi connectivity index (χ0) is 17.4. The van der Waals surface area contributed by atoms with Gasteiger partial charge in [0.2, 0.25) is 5.56 Å². The van der Waals surface area contributed by atoms with Crippen molar-refractivity contribution < 1.29 is 0 Å². The molecule has 3 aromatic rings. The van der Waals surface area contributed by atoms with Crippen LogP contribution >= 0.6 is 0 Å². The molecule has 1 aromatic carbocycles. The molecule has 1 aliphatic heterocycles. The van der Waals surface area contributed by atoms with E-state index in [4.69, 9.17) is 0 Å². The Morgan fingerprint density at radius 1 is 1.20 bits per heavy atom. The minimum atomic E-state index is -0.123. The lowest BCUT2D eigenvalue weighted by Gasteiger charge is -2.31. The first kappa shape index (κ1) is 15.4. The van der Waals surface area contributed by atoms with E-state index >= 15 is 0 Å². The molecule has 0 saturated carbocycles. The van der Waals surface area contributed by atoms with E-state index in [0.717, 1.165) is 40.1 Å². The third kappa shape index (κ3) is 2.66.